The molecule has 1 aliphatic rings. The number of amides is 1. The summed E-state index contributed by atoms with van der Waals surface area (Å²) in [6.07, 6.45) is 1.05. The number of nitrogens with zero attached hydrogens (tertiary/aromatic N) is 1. The minimum Gasteiger partial charge on any atom is -0.322 e. The second-order valence-corrected chi connectivity index (χ2v) is 4.15. The van der Waals surface area contributed by atoms with E-state index in [0.29, 0.717) is 5.92 Å². The van der Waals surface area contributed by atoms with Crippen LogP contribution >= 0.6 is 0 Å². The average Bonchev–Trinajstić information content (AvgIpc) is 2.26. The molecule has 3 heteroatoms. The second kappa shape index (κ2) is 4.03. The molecule has 3 nitrogen and oxygen atoms in total. The number of hydrogen-bond donors (Lipinski definition) is 1. The van der Waals surface area contributed by atoms with E-state index in [1.54, 1.807) is 0 Å². The summed E-state index contributed by atoms with van der Waals surface area (Å²) in [4.78, 5) is 13.5. The fourth-order valence-corrected chi connectivity index (χ4v) is 2.14. The van der Waals surface area contributed by atoms with E-state index in [-0.39, 0.29) is 12.5 Å². The zero-order valence-corrected chi connectivity index (χ0v) is 8.94. The molecule has 80 valence electrons. The van der Waals surface area contributed by atoms with E-state index in [1.165, 1.54) is 5.56 Å². The van der Waals surface area contributed by atoms with Crippen molar-refractivity contribution in [1.29, 1.82) is 0 Å². The Morgan fingerprint density at radius 2 is 2.27 bits per heavy atom. The largest absolute Gasteiger partial charge is 0.322 e. The van der Waals surface area contributed by atoms with E-state index in [4.69, 9.17) is 5.73 Å². The van der Waals surface area contributed by atoms with E-state index in [9.17, 15) is 4.79 Å². The quantitative estimate of drug-likeness (QED) is 0.746. The maximum atomic E-state index is 11.7. The van der Waals surface area contributed by atoms with Crippen LogP contribution in [-0.4, -0.2) is 19.0 Å². The summed E-state index contributed by atoms with van der Waals surface area (Å²) < 4.78 is 0. The van der Waals surface area contributed by atoms with Gasteiger partial charge in [-0.25, -0.2) is 0 Å². The van der Waals surface area contributed by atoms with Crippen molar-refractivity contribution in [3.8, 4) is 0 Å². The highest BCUT2D eigenvalue weighted by atomic mass is 16.2. The minimum atomic E-state index is 0.00833. The first-order valence-electron chi connectivity index (χ1n) is 5.30. The summed E-state index contributed by atoms with van der Waals surface area (Å²) in [7, 11) is 0. The summed E-state index contributed by atoms with van der Waals surface area (Å²) in [5, 5.41) is 0. The van der Waals surface area contributed by atoms with E-state index < -0.39 is 0 Å². The number of anilines is 1. The van der Waals surface area contributed by atoms with Gasteiger partial charge in [0.2, 0.25) is 5.91 Å². The normalized spacial score (nSPS) is 19.9. The summed E-state index contributed by atoms with van der Waals surface area (Å²) in [6, 6.07) is 8.06. The zero-order valence-electron chi connectivity index (χ0n) is 8.94. The van der Waals surface area contributed by atoms with Crippen LogP contribution in [-0.2, 0) is 11.2 Å². The molecule has 1 heterocycles. The zero-order chi connectivity index (χ0) is 10.8. The summed E-state index contributed by atoms with van der Waals surface area (Å²) in [6.45, 7) is 3.03. The molecule has 0 fully saturated rings. The Hall–Kier alpha value is -1.35. The van der Waals surface area contributed by atoms with Crippen LogP contribution in [0.1, 0.15) is 12.5 Å². The van der Waals surface area contributed by atoms with E-state index in [0.717, 1.165) is 18.7 Å². The maximum Gasteiger partial charge on any atom is 0.240 e. The van der Waals surface area contributed by atoms with Crippen molar-refractivity contribution in [3.05, 3.63) is 29.8 Å². The molecule has 0 saturated heterocycles. The molecule has 1 amide bonds. The fourth-order valence-electron chi connectivity index (χ4n) is 2.14. The van der Waals surface area contributed by atoms with Gasteiger partial charge in [-0.3, -0.25) is 4.79 Å². The van der Waals surface area contributed by atoms with Gasteiger partial charge in [0, 0.05) is 12.2 Å². The molecule has 0 aromatic heterocycles. The van der Waals surface area contributed by atoms with Crippen LogP contribution in [0.15, 0.2) is 24.3 Å². The third kappa shape index (κ3) is 1.88. The Morgan fingerprint density at radius 3 is 3.00 bits per heavy atom. The molecule has 2 rings (SSSR count). The molecular weight excluding hydrogens is 188 g/mol. The molecule has 0 radical (unpaired) electrons. The lowest BCUT2D eigenvalue weighted by atomic mass is 9.94. The van der Waals surface area contributed by atoms with Crippen LogP contribution in [0.3, 0.4) is 0 Å². The summed E-state index contributed by atoms with van der Waals surface area (Å²) in [5.74, 6) is 0.518. The molecule has 0 spiro atoms. The molecule has 1 unspecified atom stereocenters. The van der Waals surface area contributed by atoms with Crippen LogP contribution in [0.2, 0.25) is 0 Å². The third-order valence-electron chi connectivity index (χ3n) is 2.82. The molecule has 0 bridgehead atoms. The smallest absolute Gasteiger partial charge is 0.240 e. The van der Waals surface area contributed by atoms with Gasteiger partial charge in [0.1, 0.15) is 0 Å². The second-order valence-electron chi connectivity index (χ2n) is 4.15. The molecule has 1 aromatic carbocycles. The lowest BCUT2D eigenvalue weighted by Gasteiger charge is -2.32. The Kier molecular flexibility index (Phi) is 2.73. The first kappa shape index (κ1) is 10.2. The molecule has 1 aliphatic heterocycles. The number of rotatable bonds is 1. The van der Waals surface area contributed by atoms with E-state index >= 15 is 0 Å². The van der Waals surface area contributed by atoms with Crippen LogP contribution in [0.4, 0.5) is 5.69 Å². The fraction of sp³-hybridized carbons (Fsp3) is 0.417. The molecule has 0 saturated carbocycles. The Bertz CT molecular complexity index is 376. The Labute approximate surface area is 89.9 Å². The van der Waals surface area contributed by atoms with Gasteiger partial charge in [-0.2, -0.15) is 0 Å². The van der Waals surface area contributed by atoms with Crippen LogP contribution in [0.5, 0.6) is 0 Å². The topological polar surface area (TPSA) is 46.3 Å². The Morgan fingerprint density at radius 1 is 1.53 bits per heavy atom. The van der Waals surface area contributed by atoms with Crippen molar-refractivity contribution in [1.82, 2.24) is 0 Å². The van der Waals surface area contributed by atoms with Crippen molar-refractivity contribution >= 4 is 11.6 Å². The van der Waals surface area contributed by atoms with Crippen molar-refractivity contribution < 1.29 is 4.79 Å². The predicted molar refractivity (Wildman–Crippen MR) is 60.7 cm³/mol. The SMILES string of the molecule is CC1Cc2ccccc2N(C(=O)CN)C1. The van der Waals surface area contributed by atoms with Gasteiger partial charge in [0.05, 0.1) is 6.54 Å². The predicted octanol–water partition coefficient (Wildman–Crippen LogP) is 1.17. The van der Waals surface area contributed by atoms with Crippen LogP contribution in [0.25, 0.3) is 0 Å². The van der Waals surface area contributed by atoms with E-state index in [1.807, 2.05) is 23.1 Å². The number of hydrogen-bond acceptors (Lipinski definition) is 2. The first-order valence-corrected chi connectivity index (χ1v) is 5.30. The average molecular weight is 204 g/mol. The number of benzene rings is 1. The van der Waals surface area contributed by atoms with Gasteiger partial charge in [0.15, 0.2) is 0 Å². The summed E-state index contributed by atoms with van der Waals surface area (Å²) in [5.41, 5.74) is 7.70. The third-order valence-corrected chi connectivity index (χ3v) is 2.82. The van der Waals surface area contributed by atoms with Crippen LogP contribution < -0.4 is 10.6 Å². The van der Waals surface area contributed by atoms with Gasteiger partial charge < -0.3 is 10.6 Å². The molecule has 1 atom stereocenters. The Balaban J connectivity index is 2.38. The molecular formula is C12H16N2O. The number of nitrogens with two attached hydrogens (primary N) is 1. The van der Waals surface area contributed by atoms with Crippen molar-refractivity contribution in [2.45, 2.75) is 13.3 Å². The molecule has 2 N–H and O–H groups in total. The first-order chi connectivity index (χ1) is 7.22. The summed E-state index contributed by atoms with van der Waals surface area (Å²) >= 11 is 0. The number of carbonyl (C=O) groups excluding carboxylic acids is 1. The van der Waals surface area contributed by atoms with E-state index in [2.05, 4.69) is 13.0 Å². The van der Waals surface area contributed by atoms with Gasteiger partial charge in [-0.1, -0.05) is 25.1 Å². The molecule has 0 aliphatic carbocycles. The highest BCUT2D eigenvalue weighted by Gasteiger charge is 2.24. The lowest BCUT2D eigenvalue weighted by molar-refractivity contribution is -0.117. The molecule has 15 heavy (non-hydrogen) atoms. The van der Waals surface area contributed by atoms with Gasteiger partial charge in [0.25, 0.3) is 0 Å². The monoisotopic (exact) mass is 204 g/mol. The van der Waals surface area contributed by atoms with Crippen molar-refractivity contribution in [3.63, 3.8) is 0 Å². The number of fused-ring (bicyclic) bond motifs is 1. The minimum absolute atomic E-state index is 0.00833. The van der Waals surface area contributed by atoms with Gasteiger partial charge in [-0.15, -0.1) is 0 Å². The van der Waals surface area contributed by atoms with Crippen molar-refractivity contribution in [2.75, 3.05) is 18.0 Å². The van der Waals surface area contributed by atoms with Crippen LogP contribution in [0, 0.1) is 5.92 Å². The number of para-hydroxylation sites is 1. The van der Waals surface area contributed by atoms with Gasteiger partial charge >= 0.3 is 0 Å². The highest BCUT2D eigenvalue weighted by molar-refractivity contribution is 5.95. The standard InChI is InChI=1S/C12H16N2O/c1-9-6-10-4-2-3-5-11(10)14(8-9)12(15)7-13/h2-5,9H,6-8,13H2,1H3. The van der Waals surface area contributed by atoms with Gasteiger partial charge in [-0.05, 0) is 24.0 Å². The van der Waals surface area contributed by atoms with Crippen molar-refractivity contribution in [2.24, 2.45) is 11.7 Å². The lowest BCUT2D eigenvalue weighted by Crippen LogP contribution is -2.42. The maximum absolute atomic E-state index is 11.7. The molecule has 1 aromatic rings. The highest BCUT2D eigenvalue weighted by Crippen LogP contribution is 2.29. The number of carbonyl (C=O) groups is 1.